The van der Waals surface area contributed by atoms with Gasteiger partial charge in [0.05, 0.1) is 0 Å². The molecule has 0 aliphatic carbocycles. The second-order valence-corrected chi connectivity index (χ2v) is 6.17. The minimum absolute atomic E-state index is 0.233. The van der Waals surface area contributed by atoms with E-state index in [0.29, 0.717) is 16.6 Å². The average molecular weight is 324 g/mol. The number of nitrogens with one attached hydrogen (secondary N) is 1. The fourth-order valence-corrected chi connectivity index (χ4v) is 2.81. The Labute approximate surface area is 138 Å². The highest BCUT2D eigenvalue weighted by Gasteiger charge is 2.08. The summed E-state index contributed by atoms with van der Waals surface area (Å²) in [5, 5.41) is 8.68. The molecule has 3 aromatic rings. The van der Waals surface area contributed by atoms with Gasteiger partial charge in [0.1, 0.15) is 0 Å². The van der Waals surface area contributed by atoms with Crippen LogP contribution in [0.5, 0.6) is 0 Å². The maximum atomic E-state index is 12.2. The number of aromatic nitrogens is 3. The molecular weight excluding hydrogens is 308 g/mol. The molecule has 5 nitrogen and oxygen atoms in total. The molecule has 3 N–H and O–H groups in total. The van der Waals surface area contributed by atoms with E-state index in [2.05, 4.69) is 15.2 Å². The summed E-state index contributed by atoms with van der Waals surface area (Å²) < 4.78 is 0. The number of nitrogens with two attached hydrogens (primary N) is 1. The third-order valence-electron chi connectivity index (χ3n) is 3.36. The van der Waals surface area contributed by atoms with Crippen molar-refractivity contribution in [1.29, 1.82) is 0 Å². The van der Waals surface area contributed by atoms with Gasteiger partial charge >= 0.3 is 0 Å². The number of hydrogen-bond donors (Lipinski definition) is 2. The van der Waals surface area contributed by atoms with Gasteiger partial charge in [-0.1, -0.05) is 53.7 Å². The first-order valence-electron chi connectivity index (χ1n) is 7.13. The largest absolute Gasteiger partial charge is 0.399 e. The van der Waals surface area contributed by atoms with Crippen molar-refractivity contribution in [2.24, 2.45) is 0 Å². The van der Waals surface area contributed by atoms with E-state index in [-0.39, 0.29) is 5.56 Å². The number of aromatic amines is 1. The number of nitrogens with zero attached hydrogens (tertiary/aromatic N) is 2. The molecule has 0 unspecified atom stereocenters. The average Bonchev–Trinajstić information content (AvgIpc) is 2.55. The lowest BCUT2D eigenvalue weighted by molar-refractivity contribution is 0.824. The Bertz CT molecular complexity index is 857. The Balaban J connectivity index is 1.75. The predicted molar refractivity (Wildman–Crippen MR) is 93.2 cm³/mol. The molecular formula is C17H16N4OS. The molecule has 0 fully saturated rings. The predicted octanol–water partition coefficient (Wildman–Crippen LogP) is 3.01. The van der Waals surface area contributed by atoms with Crippen molar-refractivity contribution in [1.82, 2.24) is 15.2 Å². The zero-order valence-corrected chi connectivity index (χ0v) is 13.4. The van der Waals surface area contributed by atoms with E-state index in [1.165, 1.54) is 11.8 Å². The molecule has 1 aromatic heterocycles. The quantitative estimate of drug-likeness (QED) is 0.569. The Morgan fingerprint density at radius 3 is 2.39 bits per heavy atom. The van der Waals surface area contributed by atoms with Crippen LogP contribution in [0.4, 0.5) is 5.69 Å². The second kappa shape index (κ2) is 6.66. The number of benzene rings is 2. The summed E-state index contributed by atoms with van der Waals surface area (Å²) >= 11 is 1.43. The Kier molecular flexibility index (Phi) is 4.43. The van der Waals surface area contributed by atoms with Gasteiger partial charge in [-0.25, -0.2) is 0 Å². The Morgan fingerprint density at radius 1 is 1.04 bits per heavy atom. The lowest BCUT2D eigenvalue weighted by Gasteiger charge is -2.03. The first kappa shape index (κ1) is 15.3. The number of rotatable bonds is 4. The second-order valence-electron chi connectivity index (χ2n) is 5.20. The molecule has 0 saturated carbocycles. The lowest BCUT2D eigenvalue weighted by Crippen LogP contribution is -2.14. The summed E-state index contributed by atoms with van der Waals surface area (Å²) in [5.74, 6) is 0.689. The van der Waals surface area contributed by atoms with E-state index in [4.69, 9.17) is 5.73 Å². The van der Waals surface area contributed by atoms with Gasteiger partial charge in [-0.2, -0.15) is 0 Å². The summed E-state index contributed by atoms with van der Waals surface area (Å²) in [4.78, 5) is 15.0. The smallest absolute Gasteiger partial charge is 0.278 e. The zero-order valence-electron chi connectivity index (χ0n) is 12.6. The number of aryl methyl sites for hydroxylation is 1. The van der Waals surface area contributed by atoms with E-state index >= 15 is 0 Å². The summed E-state index contributed by atoms with van der Waals surface area (Å²) in [5.41, 5.74) is 9.49. The summed E-state index contributed by atoms with van der Waals surface area (Å²) in [6.07, 6.45) is 0. The first-order chi connectivity index (χ1) is 11.1. The molecule has 0 spiro atoms. The fourth-order valence-electron chi connectivity index (χ4n) is 2.05. The first-order valence-corrected chi connectivity index (χ1v) is 8.11. The van der Waals surface area contributed by atoms with E-state index in [0.717, 1.165) is 22.4 Å². The van der Waals surface area contributed by atoms with Crippen LogP contribution in [0.25, 0.3) is 11.3 Å². The van der Waals surface area contributed by atoms with Crippen molar-refractivity contribution in [3.05, 3.63) is 70.0 Å². The van der Waals surface area contributed by atoms with Gasteiger partial charge in [-0.15, -0.1) is 10.2 Å². The number of nitrogen functional groups attached to an aromatic ring is 1. The van der Waals surface area contributed by atoms with Gasteiger partial charge in [0.15, 0.2) is 10.9 Å². The maximum absolute atomic E-state index is 12.2. The van der Waals surface area contributed by atoms with Crippen LogP contribution in [0.15, 0.2) is 58.5 Å². The fraction of sp³-hybridized carbons (Fsp3) is 0.118. The number of anilines is 1. The molecule has 0 aliphatic rings. The third kappa shape index (κ3) is 3.78. The Hall–Kier alpha value is -2.60. The van der Waals surface area contributed by atoms with Gasteiger partial charge in [-0.3, -0.25) is 9.78 Å². The van der Waals surface area contributed by atoms with Crippen LogP contribution in [0, 0.1) is 6.92 Å². The molecule has 1 heterocycles. The van der Waals surface area contributed by atoms with Crippen LogP contribution >= 0.6 is 11.8 Å². The maximum Gasteiger partial charge on any atom is 0.278 e. The zero-order chi connectivity index (χ0) is 16.2. The van der Waals surface area contributed by atoms with Crippen LogP contribution in [-0.4, -0.2) is 15.2 Å². The lowest BCUT2D eigenvalue weighted by atomic mass is 10.1. The minimum atomic E-state index is -0.233. The van der Waals surface area contributed by atoms with Crippen LogP contribution in [0.2, 0.25) is 0 Å². The highest BCUT2D eigenvalue weighted by atomic mass is 32.2. The van der Waals surface area contributed by atoms with E-state index in [1.54, 1.807) is 0 Å². The van der Waals surface area contributed by atoms with Gasteiger partial charge in [0.25, 0.3) is 5.56 Å². The molecule has 0 aliphatic heterocycles. The summed E-state index contributed by atoms with van der Waals surface area (Å²) in [6.45, 7) is 2.00. The molecule has 3 rings (SSSR count). The molecule has 6 heteroatoms. The van der Waals surface area contributed by atoms with E-state index in [9.17, 15) is 4.79 Å². The number of hydrogen-bond acceptors (Lipinski definition) is 5. The summed E-state index contributed by atoms with van der Waals surface area (Å²) in [7, 11) is 0. The number of thioether (sulfide) groups is 1. The van der Waals surface area contributed by atoms with Crippen LogP contribution in [0.1, 0.15) is 11.1 Å². The topological polar surface area (TPSA) is 84.7 Å². The van der Waals surface area contributed by atoms with Crippen molar-refractivity contribution in [2.45, 2.75) is 17.8 Å². The van der Waals surface area contributed by atoms with Gasteiger partial charge < -0.3 is 5.73 Å². The van der Waals surface area contributed by atoms with Crippen LogP contribution in [-0.2, 0) is 5.75 Å². The van der Waals surface area contributed by atoms with Crippen LogP contribution in [0.3, 0.4) is 0 Å². The van der Waals surface area contributed by atoms with Crippen molar-refractivity contribution in [3.63, 3.8) is 0 Å². The van der Waals surface area contributed by atoms with Crippen molar-refractivity contribution in [2.75, 3.05) is 5.73 Å². The molecule has 2 aromatic carbocycles. The van der Waals surface area contributed by atoms with E-state index < -0.39 is 0 Å². The monoisotopic (exact) mass is 324 g/mol. The molecule has 0 saturated heterocycles. The van der Waals surface area contributed by atoms with Crippen LogP contribution < -0.4 is 11.3 Å². The van der Waals surface area contributed by atoms with Gasteiger partial charge in [-0.05, 0) is 24.6 Å². The molecule has 116 valence electrons. The number of H-pyrrole nitrogens is 1. The van der Waals surface area contributed by atoms with E-state index in [1.807, 2.05) is 55.5 Å². The molecule has 23 heavy (non-hydrogen) atoms. The standard InChI is InChI=1S/C17H16N4OS/c1-11-2-6-13(7-3-11)15-16(22)19-17(21-20-15)23-10-12-4-8-14(18)9-5-12/h2-9H,10,18H2,1H3,(H,19,21,22). The van der Waals surface area contributed by atoms with Gasteiger partial charge in [0.2, 0.25) is 0 Å². The molecule has 0 atom stereocenters. The Morgan fingerprint density at radius 2 is 1.74 bits per heavy atom. The molecule has 0 radical (unpaired) electrons. The minimum Gasteiger partial charge on any atom is -0.399 e. The van der Waals surface area contributed by atoms with Crippen molar-refractivity contribution in [3.8, 4) is 11.3 Å². The summed E-state index contributed by atoms with van der Waals surface area (Å²) in [6, 6.07) is 15.2. The third-order valence-corrected chi connectivity index (χ3v) is 4.29. The molecule has 0 amide bonds. The van der Waals surface area contributed by atoms with Gasteiger partial charge in [0, 0.05) is 17.0 Å². The normalized spacial score (nSPS) is 10.7. The highest BCUT2D eigenvalue weighted by Crippen LogP contribution is 2.19. The highest BCUT2D eigenvalue weighted by molar-refractivity contribution is 7.98. The molecule has 0 bridgehead atoms. The SMILES string of the molecule is Cc1ccc(-c2nnc(SCc3ccc(N)cc3)[nH]c2=O)cc1. The van der Waals surface area contributed by atoms with Crippen molar-refractivity contribution >= 4 is 17.4 Å². The van der Waals surface area contributed by atoms with Crippen molar-refractivity contribution < 1.29 is 0 Å².